The van der Waals surface area contributed by atoms with Gasteiger partial charge < -0.3 is 10.6 Å². The van der Waals surface area contributed by atoms with Crippen molar-refractivity contribution < 1.29 is 0 Å². The van der Waals surface area contributed by atoms with Crippen molar-refractivity contribution in [2.75, 3.05) is 24.5 Å². The second kappa shape index (κ2) is 5.50. The van der Waals surface area contributed by atoms with Gasteiger partial charge >= 0.3 is 0 Å². The number of rotatable bonds is 5. The van der Waals surface area contributed by atoms with Gasteiger partial charge in [0.15, 0.2) is 0 Å². The average Bonchev–Trinajstić information content (AvgIpc) is 2.82. The van der Waals surface area contributed by atoms with E-state index in [1.165, 1.54) is 24.1 Å². The topological polar surface area (TPSA) is 42.1 Å². The molecule has 0 aliphatic heterocycles. The summed E-state index contributed by atoms with van der Waals surface area (Å²) >= 11 is 0. The van der Waals surface area contributed by atoms with Crippen LogP contribution < -0.4 is 10.6 Å². The fourth-order valence-corrected chi connectivity index (χ4v) is 2.42. The van der Waals surface area contributed by atoms with Crippen molar-refractivity contribution in [3.8, 4) is 0 Å². The highest BCUT2D eigenvalue weighted by Gasteiger charge is 2.15. The molecule has 1 aliphatic rings. The summed E-state index contributed by atoms with van der Waals surface area (Å²) < 4.78 is 0. The maximum atomic E-state index is 5.70. The van der Waals surface area contributed by atoms with E-state index in [1.807, 2.05) is 0 Å². The van der Waals surface area contributed by atoms with Gasteiger partial charge in [-0.25, -0.2) is 4.98 Å². The maximum absolute atomic E-state index is 5.70. The molecule has 0 saturated carbocycles. The highest BCUT2D eigenvalue weighted by molar-refractivity contribution is 5.43. The van der Waals surface area contributed by atoms with Crippen LogP contribution in [0.3, 0.4) is 0 Å². The Morgan fingerprint density at radius 2 is 2.24 bits per heavy atom. The Labute approximate surface area is 104 Å². The van der Waals surface area contributed by atoms with Crippen molar-refractivity contribution in [3.63, 3.8) is 0 Å². The molecule has 1 unspecified atom stereocenters. The largest absolute Gasteiger partial charge is 0.357 e. The molecule has 1 aliphatic carbocycles. The molecule has 2 N–H and O–H groups in total. The Morgan fingerprint density at radius 3 is 2.94 bits per heavy atom. The molecular formula is C14H23N3. The van der Waals surface area contributed by atoms with Crippen molar-refractivity contribution in [3.05, 3.63) is 23.4 Å². The van der Waals surface area contributed by atoms with E-state index in [0.29, 0.717) is 5.92 Å². The Hall–Kier alpha value is -1.09. The zero-order valence-corrected chi connectivity index (χ0v) is 10.9. The number of aromatic nitrogens is 1. The van der Waals surface area contributed by atoms with Crippen LogP contribution in [0.2, 0.25) is 0 Å². The van der Waals surface area contributed by atoms with Crippen LogP contribution in [-0.4, -0.2) is 24.6 Å². The number of nitrogens with two attached hydrogens (primary N) is 1. The van der Waals surface area contributed by atoms with Crippen molar-refractivity contribution in [1.82, 2.24) is 4.98 Å². The molecule has 2 rings (SSSR count). The minimum absolute atomic E-state index is 0.519. The third-order valence-electron chi connectivity index (χ3n) is 3.55. The van der Waals surface area contributed by atoms with Gasteiger partial charge in [0.2, 0.25) is 0 Å². The molecule has 0 spiro atoms. The van der Waals surface area contributed by atoms with Crippen LogP contribution in [-0.2, 0) is 12.8 Å². The summed E-state index contributed by atoms with van der Waals surface area (Å²) in [6, 6.07) is 4.41. The lowest BCUT2D eigenvalue weighted by Crippen LogP contribution is -2.32. The Kier molecular flexibility index (Phi) is 4.00. The van der Waals surface area contributed by atoms with Gasteiger partial charge in [-0.1, -0.05) is 13.0 Å². The Bertz CT molecular complexity index is 376. The lowest BCUT2D eigenvalue weighted by atomic mass is 10.1. The van der Waals surface area contributed by atoms with Gasteiger partial charge in [0.05, 0.1) is 0 Å². The van der Waals surface area contributed by atoms with Crippen LogP contribution >= 0.6 is 0 Å². The molecule has 0 fully saturated rings. The van der Waals surface area contributed by atoms with Crippen LogP contribution in [0.4, 0.5) is 5.82 Å². The van der Waals surface area contributed by atoms with E-state index in [2.05, 4.69) is 30.9 Å². The summed E-state index contributed by atoms with van der Waals surface area (Å²) in [5.41, 5.74) is 8.44. The smallest absolute Gasteiger partial charge is 0.128 e. The molecule has 0 aromatic carbocycles. The first-order chi connectivity index (χ1) is 8.24. The van der Waals surface area contributed by atoms with E-state index in [-0.39, 0.29) is 0 Å². The van der Waals surface area contributed by atoms with Gasteiger partial charge in [0.1, 0.15) is 5.82 Å². The summed E-state index contributed by atoms with van der Waals surface area (Å²) in [4.78, 5) is 7.13. The molecule has 0 bridgehead atoms. The summed E-state index contributed by atoms with van der Waals surface area (Å²) in [5.74, 6) is 1.64. The monoisotopic (exact) mass is 233 g/mol. The van der Waals surface area contributed by atoms with E-state index in [9.17, 15) is 0 Å². The van der Waals surface area contributed by atoms with Gasteiger partial charge in [-0.2, -0.15) is 0 Å². The number of anilines is 1. The lowest BCUT2D eigenvalue weighted by molar-refractivity contribution is 0.572. The molecule has 1 atom stereocenters. The van der Waals surface area contributed by atoms with Crippen LogP contribution in [0.25, 0.3) is 0 Å². The van der Waals surface area contributed by atoms with Crippen molar-refractivity contribution in [2.45, 2.75) is 33.1 Å². The van der Waals surface area contributed by atoms with E-state index < -0.39 is 0 Å². The molecule has 0 radical (unpaired) electrons. The van der Waals surface area contributed by atoms with Crippen molar-refractivity contribution in [1.29, 1.82) is 0 Å². The highest BCUT2D eigenvalue weighted by Crippen LogP contribution is 2.23. The number of nitrogens with zero attached hydrogens (tertiary/aromatic N) is 2. The SMILES string of the molecule is CCN(CC(C)CN)c1ccc2c(n1)CCC2. The summed E-state index contributed by atoms with van der Waals surface area (Å²) in [5, 5.41) is 0. The molecule has 0 saturated heterocycles. The van der Waals surface area contributed by atoms with E-state index in [4.69, 9.17) is 10.7 Å². The first-order valence-corrected chi connectivity index (χ1v) is 6.68. The molecule has 0 amide bonds. The summed E-state index contributed by atoms with van der Waals surface area (Å²) in [7, 11) is 0. The second-order valence-electron chi connectivity index (χ2n) is 5.01. The summed E-state index contributed by atoms with van der Waals surface area (Å²) in [6.45, 7) is 7.10. The minimum Gasteiger partial charge on any atom is -0.357 e. The van der Waals surface area contributed by atoms with Gasteiger partial charge in [0, 0.05) is 18.8 Å². The zero-order chi connectivity index (χ0) is 12.3. The molecule has 3 heteroatoms. The van der Waals surface area contributed by atoms with Crippen LogP contribution in [0.5, 0.6) is 0 Å². The van der Waals surface area contributed by atoms with Crippen LogP contribution in [0.1, 0.15) is 31.5 Å². The van der Waals surface area contributed by atoms with Gasteiger partial charge in [-0.3, -0.25) is 0 Å². The molecule has 1 aromatic heterocycles. The average molecular weight is 233 g/mol. The number of hydrogen-bond acceptors (Lipinski definition) is 3. The number of hydrogen-bond donors (Lipinski definition) is 1. The molecule has 17 heavy (non-hydrogen) atoms. The van der Waals surface area contributed by atoms with Crippen LogP contribution in [0, 0.1) is 5.92 Å². The lowest BCUT2D eigenvalue weighted by Gasteiger charge is -2.25. The van der Waals surface area contributed by atoms with Crippen molar-refractivity contribution in [2.24, 2.45) is 11.7 Å². The predicted octanol–water partition coefficient (Wildman–Crippen LogP) is 1.99. The predicted molar refractivity (Wildman–Crippen MR) is 72.4 cm³/mol. The third-order valence-corrected chi connectivity index (χ3v) is 3.55. The number of aryl methyl sites for hydroxylation is 2. The number of pyridine rings is 1. The maximum Gasteiger partial charge on any atom is 0.128 e. The second-order valence-corrected chi connectivity index (χ2v) is 5.01. The van der Waals surface area contributed by atoms with Gasteiger partial charge in [-0.05, 0) is 50.3 Å². The first-order valence-electron chi connectivity index (χ1n) is 6.68. The van der Waals surface area contributed by atoms with Gasteiger partial charge in [-0.15, -0.1) is 0 Å². The summed E-state index contributed by atoms with van der Waals surface area (Å²) in [6.07, 6.45) is 3.61. The normalized spacial score (nSPS) is 15.7. The quantitative estimate of drug-likeness (QED) is 0.845. The molecule has 1 heterocycles. The third kappa shape index (κ3) is 2.78. The first kappa shape index (κ1) is 12.4. The minimum atomic E-state index is 0.519. The molecule has 1 aromatic rings. The van der Waals surface area contributed by atoms with E-state index >= 15 is 0 Å². The standard InChI is InChI=1S/C14H23N3/c1-3-17(10-11(2)9-15)14-8-7-12-5-4-6-13(12)16-14/h7-8,11H,3-6,9-10,15H2,1-2H3. The van der Waals surface area contributed by atoms with E-state index in [0.717, 1.165) is 31.9 Å². The highest BCUT2D eigenvalue weighted by atomic mass is 15.2. The zero-order valence-electron chi connectivity index (χ0n) is 10.9. The molecule has 3 nitrogen and oxygen atoms in total. The van der Waals surface area contributed by atoms with Gasteiger partial charge in [0.25, 0.3) is 0 Å². The fraction of sp³-hybridized carbons (Fsp3) is 0.643. The molecular weight excluding hydrogens is 210 g/mol. The number of fused-ring (bicyclic) bond motifs is 1. The fourth-order valence-electron chi connectivity index (χ4n) is 2.42. The molecule has 94 valence electrons. The Morgan fingerprint density at radius 1 is 1.41 bits per heavy atom. The Balaban J connectivity index is 2.14. The van der Waals surface area contributed by atoms with E-state index in [1.54, 1.807) is 0 Å². The van der Waals surface area contributed by atoms with Crippen molar-refractivity contribution >= 4 is 5.82 Å². The van der Waals surface area contributed by atoms with Crippen LogP contribution in [0.15, 0.2) is 12.1 Å².